The van der Waals surface area contributed by atoms with E-state index in [1.165, 1.54) is 31.4 Å². The highest BCUT2D eigenvalue weighted by Crippen LogP contribution is 2.26. The van der Waals surface area contributed by atoms with E-state index in [9.17, 15) is 13.2 Å². The van der Waals surface area contributed by atoms with Gasteiger partial charge in [-0.1, -0.05) is 19.8 Å². The maximum atomic E-state index is 10.2. The van der Waals surface area contributed by atoms with E-state index in [1.807, 2.05) is 0 Å². The molecule has 1 fully saturated rings. The van der Waals surface area contributed by atoms with Gasteiger partial charge in [0.2, 0.25) is 0 Å². The van der Waals surface area contributed by atoms with Crippen molar-refractivity contribution in [3.63, 3.8) is 0 Å². The second kappa shape index (κ2) is 7.93. The van der Waals surface area contributed by atoms with Crippen LogP contribution in [0.3, 0.4) is 0 Å². The zero-order valence-electron chi connectivity index (χ0n) is 9.36. The molecule has 90 valence electrons. The fourth-order valence-electron chi connectivity index (χ4n) is 1.72. The van der Waals surface area contributed by atoms with Crippen molar-refractivity contribution in [3.8, 4) is 0 Å². The Kier molecular flexibility index (Phi) is 7.77. The van der Waals surface area contributed by atoms with Crippen LogP contribution in [0, 0.1) is 0 Å². The van der Waals surface area contributed by atoms with Crippen molar-refractivity contribution in [1.82, 2.24) is 0 Å². The van der Waals surface area contributed by atoms with Crippen molar-refractivity contribution < 1.29 is 17.6 Å². The molecule has 1 saturated heterocycles. The third kappa shape index (κ3) is 7.61. The third-order valence-electron chi connectivity index (χ3n) is 2.41. The van der Waals surface area contributed by atoms with Gasteiger partial charge in [-0.15, -0.1) is 0 Å². The van der Waals surface area contributed by atoms with Gasteiger partial charge in [0.15, 0.2) is 14.6 Å². The summed E-state index contributed by atoms with van der Waals surface area (Å²) in [5.41, 5.74) is 0. The van der Waals surface area contributed by atoms with E-state index in [0.717, 1.165) is 6.61 Å². The second-order valence-electron chi connectivity index (χ2n) is 3.90. The van der Waals surface area contributed by atoms with Gasteiger partial charge in [0.1, 0.15) is 0 Å². The van der Waals surface area contributed by atoms with Gasteiger partial charge in [0.05, 0.1) is 0 Å². The van der Waals surface area contributed by atoms with Crippen LogP contribution in [0.4, 0.5) is 13.2 Å². The molecule has 1 nitrogen and oxygen atoms in total. The van der Waals surface area contributed by atoms with Gasteiger partial charge in [-0.3, -0.25) is 0 Å². The molecule has 0 aromatic carbocycles. The highest BCUT2D eigenvalue weighted by Gasteiger charge is 2.29. The standard InChI is InChI=1S/C8H18OSi.C2HF3/c1-3-7-10(2)8-5-4-6-9-10;3-1-2(4)5/h3-8H2,1-2H3;1H. The van der Waals surface area contributed by atoms with E-state index in [-0.39, 0.29) is 0 Å². The van der Waals surface area contributed by atoms with Crippen LogP contribution in [-0.4, -0.2) is 14.9 Å². The molecule has 0 saturated carbocycles. The Bertz CT molecular complexity index is 182. The minimum atomic E-state index is -2.29. The lowest BCUT2D eigenvalue weighted by Crippen LogP contribution is -2.37. The Morgan fingerprint density at radius 1 is 1.40 bits per heavy atom. The molecule has 1 aliphatic rings. The molecule has 1 heterocycles. The molecule has 5 heteroatoms. The predicted molar refractivity (Wildman–Crippen MR) is 58.1 cm³/mol. The quantitative estimate of drug-likeness (QED) is 0.647. The lowest BCUT2D eigenvalue weighted by atomic mass is 10.4. The van der Waals surface area contributed by atoms with Crippen molar-refractivity contribution in [2.45, 2.75) is 44.8 Å². The van der Waals surface area contributed by atoms with Gasteiger partial charge in [-0.05, 0) is 25.1 Å². The highest BCUT2D eigenvalue weighted by atomic mass is 28.4. The number of halogens is 3. The van der Waals surface area contributed by atoms with Crippen molar-refractivity contribution in [1.29, 1.82) is 0 Å². The van der Waals surface area contributed by atoms with Crippen LogP contribution >= 0.6 is 0 Å². The average Bonchev–Trinajstić information content (AvgIpc) is 2.19. The maximum absolute atomic E-state index is 10.2. The Morgan fingerprint density at radius 3 is 2.33 bits per heavy atom. The SMILES string of the molecule is CCC[Si]1(C)CCCCO1.FC=C(F)F. The predicted octanol–water partition coefficient (Wildman–Crippen LogP) is 4.48. The van der Waals surface area contributed by atoms with Crippen LogP contribution < -0.4 is 0 Å². The summed E-state index contributed by atoms with van der Waals surface area (Å²) >= 11 is 0. The maximum Gasteiger partial charge on any atom is 0.298 e. The van der Waals surface area contributed by atoms with Crippen molar-refractivity contribution in [3.05, 3.63) is 12.4 Å². The van der Waals surface area contributed by atoms with E-state index in [2.05, 4.69) is 13.5 Å². The van der Waals surface area contributed by atoms with Crippen LogP contribution in [0.2, 0.25) is 18.6 Å². The molecule has 0 aromatic heterocycles. The first-order valence-corrected chi connectivity index (χ1v) is 8.11. The number of hydrogen-bond acceptors (Lipinski definition) is 1. The van der Waals surface area contributed by atoms with Gasteiger partial charge in [-0.25, -0.2) is 4.39 Å². The van der Waals surface area contributed by atoms with E-state index in [0.29, 0.717) is 0 Å². The molecular weight excluding hydrogens is 221 g/mol. The van der Waals surface area contributed by atoms with Crippen LogP contribution in [0.25, 0.3) is 0 Å². The fourth-order valence-corrected chi connectivity index (χ4v) is 4.95. The lowest BCUT2D eigenvalue weighted by molar-refractivity contribution is 0.270. The summed E-state index contributed by atoms with van der Waals surface area (Å²) in [5, 5.41) is 0. The number of hydrogen-bond donors (Lipinski definition) is 0. The minimum absolute atomic E-state index is 0.750. The van der Waals surface area contributed by atoms with E-state index < -0.39 is 20.7 Å². The first kappa shape index (κ1) is 14.7. The molecule has 1 rings (SSSR count). The Morgan fingerprint density at radius 2 is 2.00 bits per heavy atom. The molecule has 15 heavy (non-hydrogen) atoms. The van der Waals surface area contributed by atoms with Crippen LogP contribution in [-0.2, 0) is 4.43 Å². The first-order chi connectivity index (χ1) is 7.04. The van der Waals surface area contributed by atoms with E-state index in [1.54, 1.807) is 0 Å². The molecular formula is C10H19F3OSi. The van der Waals surface area contributed by atoms with Gasteiger partial charge < -0.3 is 4.43 Å². The second-order valence-corrected chi connectivity index (χ2v) is 8.09. The van der Waals surface area contributed by atoms with Crippen LogP contribution in [0.1, 0.15) is 26.2 Å². The summed E-state index contributed by atoms with van der Waals surface area (Å²) < 4.78 is 36.5. The molecule has 0 bridgehead atoms. The molecule has 0 radical (unpaired) electrons. The van der Waals surface area contributed by atoms with Crippen molar-refractivity contribution in [2.75, 3.05) is 6.61 Å². The fraction of sp³-hybridized carbons (Fsp3) is 0.800. The molecule has 1 aliphatic heterocycles. The normalized spacial score (nSPS) is 25.1. The molecule has 0 aliphatic carbocycles. The van der Waals surface area contributed by atoms with Crippen LogP contribution in [0.15, 0.2) is 12.4 Å². The Labute approximate surface area is 90.4 Å². The van der Waals surface area contributed by atoms with Crippen molar-refractivity contribution >= 4 is 8.32 Å². The van der Waals surface area contributed by atoms with E-state index >= 15 is 0 Å². The monoisotopic (exact) mass is 240 g/mol. The average molecular weight is 240 g/mol. The van der Waals surface area contributed by atoms with Crippen LogP contribution in [0.5, 0.6) is 0 Å². The molecule has 0 aromatic rings. The summed E-state index contributed by atoms with van der Waals surface area (Å²) in [6, 6.07) is 2.77. The Balaban J connectivity index is 0.000000336. The summed E-state index contributed by atoms with van der Waals surface area (Å²) in [4.78, 5) is 0. The van der Waals surface area contributed by atoms with Gasteiger partial charge in [0.25, 0.3) is 6.08 Å². The van der Waals surface area contributed by atoms with E-state index in [4.69, 9.17) is 4.43 Å². The zero-order valence-corrected chi connectivity index (χ0v) is 10.4. The molecule has 0 spiro atoms. The lowest BCUT2D eigenvalue weighted by Gasteiger charge is -2.31. The summed E-state index contributed by atoms with van der Waals surface area (Å²) in [5.74, 6) is 0. The molecule has 0 N–H and O–H groups in total. The number of rotatable bonds is 2. The molecule has 1 unspecified atom stereocenters. The third-order valence-corrected chi connectivity index (χ3v) is 6.28. The van der Waals surface area contributed by atoms with Gasteiger partial charge in [-0.2, -0.15) is 8.78 Å². The highest BCUT2D eigenvalue weighted by molar-refractivity contribution is 6.72. The molecule has 0 amide bonds. The minimum Gasteiger partial charge on any atom is -0.417 e. The largest absolute Gasteiger partial charge is 0.417 e. The zero-order chi connectivity index (χ0) is 11.7. The first-order valence-electron chi connectivity index (χ1n) is 5.29. The summed E-state index contributed by atoms with van der Waals surface area (Å²) in [6.45, 7) is 5.69. The smallest absolute Gasteiger partial charge is 0.298 e. The summed E-state index contributed by atoms with van der Waals surface area (Å²) in [6.07, 6.45) is 0.989. The topological polar surface area (TPSA) is 9.23 Å². The summed E-state index contributed by atoms with van der Waals surface area (Å²) in [7, 11) is -1.14. The van der Waals surface area contributed by atoms with Gasteiger partial charge in [0, 0.05) is 6.61 Å². The molecule has 1 atom stereocenters. The van der Waals surface area contributed by atoms with Crippen molar-refractivity contribution in [2.24, 2.45) is 0 Å². The Hall–Kier alpha value is -0.293. The van der Waals surface area contributed by atoms with Gasteiger partial charge >= 0.3 is 0 Å².